The number of aryl methyl sites for hydroxylation is 1. The molecule has 0 spiro atoms. The Bertz CT molecular complexity index is 391. The normalized spacial score (nSPS) is 10.3. The van der Waals surface area contributed by atoms with Gasteiger partial charge in [-0.3, -0.25) is 4.79 Å². The molecular weight excluding hydrogens is 228 g/mol. The molecule has 4 heteroatoms. The Morgan fingerprint density at radius 2 is 2.17 bits per heavy atom. The second kappa shape index (κ2) is 7.71. The summed E-state index contributed by atoms with van der Waals surface area (Å²) in [4.78, 5) is 11.8. The van der Waals surface area contributed by atoms with Crippen LogP contribution in [0, 0.1) is 6.92 Å². The van der Waals surface area contributed by atoms with Gasteiger partial charge in [0.2, 0.25) is 0 Å². The Morgan fingerprint density at radius 3 is 2.83 bits per heavy atom. The van der Waals surface area contributed by atoms with Crippen molar-refractivity contribution in [2.24, 2.45) is 0 Å². The maximum Gasteiger partial charge on any atom is 0.253 e. The fourth-order valence-corrected chi connectivity index (χ4v) is 1.57. The van der Waals surface area contributed by atoms with Crippen LogP contribution in [0.4, 0.5) is 5.69 Å². The number of carbonyl (C=O) groups is 1. The van der Waals surface area contributed by atoms with E-state index in [1.807, 2.05) is 13.0 Å². The van der Waals surface area contributed by atoms with Crippen molar-refractivity contribution in [1.82, 2.24) is 5.32 Å². The van der Waals surface area contributed by atoms with Gasteiger partial charge in [-0.1, -0.05) is 19.4 Å². The third-order valence-electron chi connectivity index (χ3n) is 2.63. The average Bonchev–Trinajstić information content (AvgIpc) is 2.33. The zero-order chi connectivity index (χ0) is 13.4. The molecule has 0 heterocycles. The van der Waals surface area contributed by atoms with Gasteiger partial charge in [0, 0.05) is 18.8 Å². The number of carbonyl (C=O) groups excluding carboxylic acids is 1. The Morgan fingerprint density at radius 1 is 1.39 bits per heavy atom. The van der Waals surface area contributed by atoms with E-state index in [9.17, 15) is 4.79 Å². The second-order valence-electron chi connectivity index (χ2n) is 4.31. The second-order valence-corrected chi connectivity index (χ2v) is 4.31. The Labute approximate surface area is 109 Å². The molecule has 0 aliphatic heterocycles. The number of nitrogen functional groups attached to an aromatic ring is 1. The van der Waals surface area contributed by atoms with E-state index in [1.165, 1.54) is 0 Å². The number of nitrogens with one attached hydrogen (secondary N) is 1. The molecule has 1 amide bonds. The van der Waals surface area contributed by atoms with Crippen LogP contribution >= 0.6 is 0 Å². The van der Waals surface area contributed by atoms with E-state index >= 15 is 0 Å². The van der Waals surface area contributed by atoms with Crippen LogP contribution in [-0.2, 0) is 4.74 Å². The first-order valence-electron chi connectivity index (χ1n) is 6.37. The Balaban J connectivity index is 2.32. The van der Waals surface area contributed by atoms with Crippen molar-refractivity contribution in [2.45, 2.75) is 26.7 Å². The molecular formula is C14H22N2O2. The maximum atomic E-state index is 11.8. The summed E-state index contributed by atoms with van der Waals surface area (Å²) in [6.45, 7) is 5.86. The van der Waals surface area contributed by atoms with Gasteiger partial charge in [-0.15, -0.1) is 0 Å². The summed E-state index contributed by atoms with van der Waals surface area (Å²) in [5, 5.41) is 2.79. The maximum absolute atomic E-state index is 11.8. The van der Waals surface area contributed by atoms with Crippen LogP contribution in [0.3, 0.4) is 0 Å². The zero-order valence-electron chi connectivity index (χ0n) is 11.2. The minimum absolute atomic E-state index is 0.147. The fourth-order valence-electron chi connectivity index (χ4n) is 1.57. The lowest BCUT2D eigenvalue weighted by Crippen LogP contribution is -2.28. The molecule has 0 aliphatic rings. The molecule has 0 unspecified atom stereocenters. The van der Waals surface area contributed by atoms with Crippen LogP contribution < -0.4 is 11.1 Å². The van der Waals surface area contributed by atoms with Gasteiger partial charge in [-0.05, 0) is 31.0 Å². The molecule has 0 aromatic heterocycles. The van der Waals surface area contributed by atoms with Gasteiger partial charge in [0.1, 0.15) is 0 Å². The van der Waals surface area contributed by atoms with Crippen molar-refractivity contribution in [3.05, 3.63) is 29.3 Å². The molecule has 0 bridgehead atoms. The smallest absolute Gasteiger partial charge is 0.253 e. The zero-order valence-corrected chi connectivity index (χ0v) is 11.2. The molecule has 18 heavy (non-hydrogen) atoms. The number of hydrogen-bond donors (Lipinski definition) is 2. The first-order chi connectivity index (χ1) is 8.65. The summed E-state index contributed by atoms with van der Waals surface area (Å²) in [6.07, 6.45) is 2.17. The molecule has 0 saturated carbocycles. The van der Waals surface area contributed by atoms with Crippen LogP contribution in [0.1, 0.15) is 35.7 Å². The van der Waals surface area contributed by atoms with E-state index in [-0.39, 0.29) is 5.91 Å². The van der Waals surface area contributed by atoms with E-state index in [0.717, 1.165) is 25.0 Å². The number of benzene rings is 1. The van der Waals surface area contributed by atoms with Crippen molar-refractivity contribution in [3.63, 3.8) is 0 Å². The van der Waals surface area contributed by atoms with E-state index in [4.69, 9.17) is 10.5 Å². The van der Waals surface area contributed by atoms with Crippen LogP contribution in [0.15, 0.2) is 18.2 Å². The van der Waals surface area contributed by atoms with Crippen LogP contribution in [0.25, 0.3) is 0 Å². The van der Waals surface area contributed by atoms with Gasteiger partial charge >= 0.3 is 0 Å². The highest BCUT2D eigenvalue weighted by Crippen LogP contribution is 2.13. The van der Waals surface area contributed by atoms with Crippen molar-refractivity contribution in [2.75, 3.05) is 25.5 Å². The number of anilines is 1. The van der Waals surface area contributed by atoms with E-state index in [2.05, 4.69) is 12.2 Å². The van der Waals surface area contributed by atoms with Gasteiger partial charge in [0.25, 0.3) is 5.91 Å². The topological polar surface area (TPSA) is 64.3 Å². The summed E-state index contributed by atoms with van der Waals surface area (Å²) in [5.74, 6) is -0.147. The molecule has 3 N–H and O–H groups in total. The monoisotopic (exact) mass is 250 g/mol. The first-order valence-corrected chi connectivity index (χ1v) is 6.37. The minimum Gasteiger partial charge on any atom is -0.398 e. The Kier molecular flexibility index (Phi) is 6.22. The summed E-state index contributed by atoms with van der Waals surface area (Å²) < 4.78 is 5.36. The number of hydrogen-bond acceptors (Lipinski definition) is 3. The van der Waals surface area contributed by atoms with Crippen molar-refractivity contribution in [3.8, 4) is 0 Å². The van der Waals surface area contributed by atoms with Crippen LogP contribution in [0.5, 0.6) is 0 Å². The minimum atomic E-state index is -0.147. The molecule has 0 aliphatic carbocycles. The lowest BCUT2D eigenvalue weighted by atomic mass is 10.1. The molecule has 4 nitrogen and oxygen atoms in total. The van der Waals surface area contributed by atoms with Crippen LogP contribution in [0.2, 0.25) is 0 Å². The van der Waals surface area contributed by atoms with E-state index < -0.39 is 0 Å². The lowest BCUT2D eigenvalue weighted by molar-refractivity contribution is 0.0913. The molecule has 1 aromatic rings. The molecule has 1 aromatic carbocycles. The average molecular weight is 250 g/mol. The third kappa shape index (κ3) is 4.75. The van der Waals surface area contributed by atoms with E-state index in [1.54, 1.807) is 12.1 Å². The summed E-state index contributed by atoms with van der Waals surface area (Å²) in [5.41, 5.74) is 7.88. The quantitative estimate of drug-likeness (QED) is 0.575. The molecule has 0 radical (unpaired) electrons. The largest absolute Gasteiger partial charge is 0.398 e. The number of unbranched alkanes of at least 4 members (excludes halogenated alkanes) is 1. The van der Waals surface area contributed by atoms with Gasteiger partial charge in [0.05, 0.1) is 12.2 Å². The summed E-state index contributed by atoms with van der Waals surface area (Å²) >= 11 is 0. The van der Waals surface area contributed by atoms with Gasteiger partial charge in [-0.2, -0.15) is 0 Å². The highest BCUT2D eigenvalue weighted by atomic mass is 16.5. The Hall–Kier alpha value is -1.55. The van der Waals surface area contributed by atoms with Gasteiger partial charge < -0.3 is 15.8 Å². The predicted molar refractivity (Wildman–Crippen MR) is 73.7 cm³/mol. The fraction of sp³-hybridized carbons (Fsp3) is 0.500. The molecule has 0 atom stereocenters. The standard InChI is InChI=1S/C14H22N2O2/c1-3-4-8-18-9-7-16-14(17)12-6-5-11(2)10-13(12)15/h5-6,10H,3-4,7-9,15H2,1-2H3,(H,16,17). The van der Waals surface area contributed by atoms with Gasteiger partial charge in [-0.25, -0.2) is 0 Å². The summed E-state index contributed by atoms with van der Waals surface area (Å²) in [7, 11) is 0. The van der Waals surface area contributed by atoms with Crippen LogP contribution in [-0.4, -0.2) is 25.7 Å². The predicted octanol–water partition coefficient (Wildman–Crippen LogP) is 2.12. The number of ether oxygens (including phenoxy) is 1. The highest BCUT2D eigenvalue weighted by molar-refractivity contribution is 5.99. The molecule has 0 fully saturated rings. The first kappa shape index (κ1) is 14.5. The third-order valence-corrected chi connectivity index (χ3v) is 2.63. The van der Waals surface area contributed by atoms with E-state index in [0.29, 0.717) is 24.4 Å². The molecule has 0 saturated heterocycles. The van der Waals surface area contributed by atoms with Crippen molar-refractivity contribution < 1.29 is 9.53 Å². The summed E-state index contributed by atoms with van der Waals surface area (Å²) in [6, 6.07) is 5.42. The number of amides is 1. The molecule has 100 valence electrons. The SMILES string of the molecule is CCCCOCCNC(=O)c1ccc(C)cc1N. The highest BCUT2D eigenvalue weighted by Gasteiger charge is 2.08. The van der Waals surface area contributed by atoms with Crippen molar-refractivity contribution in [1.29, 1.82) is 0 Å². The number of rotatable bonds is 7. The van der Waals surface area contributed by atoms with Gasteiger partial charge in [0.15, 0.2) is 0 Å². The van der Waals surface area contributed by atoms with Crippen molar-refractivity contribution >= 4 is 11.6 Å². The number of nitrogens with two attached hydrogens (primary N) is 1. The molecule has 1 rings (SSSR count). The lowest BCUT2D eigenvalue weighted by Gasteiger charge is -2.08.